The van der Waals surface area contributed by atoms with Crippen LogP contribution in [-0.2, 0) is 6.18 Å². The van der Waals surface area contributed by atoms with Crippen LogP contribution in [0.1, 0.15) is 5.56 Å². The van der Waals surface area contributed by atoms with E-state index in [0.717, 1.165) is 12.1 Å². The van der Waals surface area contributed by atoms with Crippen molar-refractivity contribution >= 4 is 11.4 Å². The van der Waals surface area contributed by atoms with E-state index in [0.29, 0.717) is 0 Å². The second-order valence-electron chi connectivity index (χ2n) is 3.68. The lowest BCUT2D eigenvalue weighted by atomic mass is 10.2. The van der Waals surface area contributed by atoms with Crippen LogP contribution in [0.15, 0.2) is 48.5 Å². The summed E-state index contributed by atoms with van der Waals surface area (Å²) in [6.45, 7) is 0. The molecule has 2 aromatic rings. The first-order valence-corrected chi connectivity index (χ1v) is 5.15. The Hall–Kier alpha value is -2.04. The van der Waals surface area contributed by atoms with Crippen LogP contribution < -0.4 is 5.32 Å². The van der Waals surface area contributed by atoms with Crippen LogP contribution >= 0.6 is 0 Å². The van der Waals surface area contributed by atoms with E-state index in [1.807, 2.05) is 0 Å². The number of hydrogen-bond donors (Lipinski definition) is 1. The summed E-state index contributed by atoms with van der Waals surface area (Å²) in [6, 6.07) is 10.4. The second kappa shape index (κ2) is 4.68. The third kappa shape index (κ3) is 2.80. The number of para-hydroxylation sites is 1. The number of halogens is 4. The lowest BCUT2D eigenvalue weighted by molar-refractivity contribution is -0.137. The molecule has 0 aromatic heterocycles. The van der Waals surface area contributed by atoms with Gasteiger partial charge in [0, 0.05) is 5.69 Å². The Kier molecular flexibility index (Phi) is 3.23. The van der Waals surface area contributed by atoms with E-state index < -0.39 is 17.6 Å². The van der Waals surface area contributed by atoms with E-state index in [-0.39, 0.29) is 11.4 Å². The molecule has 0 aliphatic carbocycles. The van der Waals surface area contributed by atoms with Crippen LogP contribution in [-0.4, -0.2) is 0 Å². The minimum Gasteiger partial charge on any atom is -0.353 e. The van der Waals surface area contributed by atoms with Gasteiger partial charge in [-0.2, -0.15) is 13.2 Å². The van der Waals surface area contributed by atoms with E-state index in [1.54, 1.807) is 6.07 Å². The molecule has 2 aromatic carbocycles. The molecule has 0 amide bonds. The van der Waals surface area contributed by atoms with Crippen molar-refractivity contribution in [3.63, 3.8) is 0 Å². The van der Waals surface area contributed by atoms with Crippen LogP contribution in [0.2, 0.25) is 0 Å². The van der Waals surface area contributed by atoms with Gasteiger partial charge in [-0.05, 0) is 30.3 Å². The number of rotatable bonds is 2. The predicted octanol–water partition coefficient (Wildman–Crippen LogP) is 4.59. The van der Waals surface area contributed by atoms with E-state index in [4.69, 9.17) is 0 Å². The molecule has 1 nitrogen and oxygen atoms in total. The maximum Gasteiger partial charge on any atom is 0.416 e. The Morgan fingerprint density at radius 1 is 0.889 bits per heavy atom. The molecule has 0 saturated heterocycles. The molecule has 0 fully saturated rings. The van der Waals surface area contributed by atoms with Crippen LogP contribution in [0.3, 0.4) is 0 Å². The van der Waals surface area contributed by atoms with Gasteiger partial charge in [0.25, 0.3) is 0 Å². The summed E-state index contributed by atoms with van der Waals surface area (Å²) in [6.07, 6.45) is -4.41. The highest BCUT2D eigenvalue weighted by atomic mass is 19.4. The van der Waals surface area contributed by atoms with Gasteiger partial charge in [0.15, 0.2) is 0 Å². The maximum atomic E-state index is 13.3. The zero-order valence-corrected chi connectivity index (χ0v) is 9.13. The van der Waals surface area contributed by atoms with Gasteiger partial charge in [-0.15, -0.1) is 0 Å². The molecule has 0 bridgehead atoms. The molecule has 0 aliphatic heterocycles. The Labute approximate surface area is 101 Å². The van der Waals surface area contributed by atoms with Crippen LogP contribution in [0.5, 0.6) is 0 Å². The minimum absolute atomic E-state index is 0.136. The van der Waals surface area contributed by atoms with Gasteiger partial charge in [-0.25, -0.2) is 4.39 Å². The van der Waals surface area contributed by atoms with Crippen molar-refractivity contribution < 1.29 is 17.6 Å². The van der Waals surface area contributed by atoms with Crippen molar-refractivity contribution in [2.45, 2.75) is 6.18 Å². The maximum absolute atomic E-state index is 13.3. The zero-order valence-electron chi connectivity index (χ0n) is 9.13. The normalized spacial score (nSPS) is 11.3. The lowest BCUT2D eigenvalue weighted by Crippen LogP contribution is -2.05. The zero-order chi connectivity index (χ0) is 13.2. The number of hydrogen-bond acceptors (Lipinski definition) is 1. The smallest absolute Gasteiger partial charge is 0.353 e. The van der Waals surface area contributed by atoms with Crippen molar-refractivity contribution in [2.75, 3.05) is 5.32 Å². The standard InChI is InChI=1S/C13H9F4N/c14-11-6-1-2-7-12(11)18-10-5-3-4-9(8-10)13(15,16)17/h1-8,18H. The molecular weight excluding hydrogens is 246 g/mol. The fourth-order valence-electron chi connectivity index (χ4n) is 1.49. The summed E-state index contributed by atoms with van der Waals surface area (Å²) in [5.41, 5.74) is -0.449. The number of anilines is 2. The van der Waals surface area contributed by atoms with Crippen molar-refractivity contribution in [1.29, 1.82) is 0 Å². The van der Waals surface area contributed by atoms with Crippen molar-refractivity contribution in [3.05, 3.63) is 59.9 Å². The fraction of sp³-hybridized carbons (Fsp3) is 0.0769. The Morgan fingerprint density at radius 2 is 1.61 bits per heavy atom. The van der Waals surface area contributed by atoms with Gasteiger partial charge in [-0.3, -0.25) is 0 Å². The summed E-state index contributed by atoms with van der Waals surface area (Å²) in [4.78, 5) is 0. The molecule has 0 saturated carbocycles. The summed E-state index contributed by atoms with van der Waals surface area (Å²) in [7, 11) is 0. The average molecular weight is 255 g/mol. The molecule has 2 rings (SSSR count). The molecular formula is C13H9F4N. The molecule has 0 atom stereocenters. The predicted molar refractivity (Wildman–Crippen MR) is 61.1 cm³/mol. The van der Waals surface area contributed by atoms with Gasteiger partial charge in [-0.1, -0.05) is 18.2 Å². The van der Waals surface area contributed by atoms with E-state index in [9.17, 15) is 17.6 Å². The quantitative estimate of drug-likeness (QED) is 0.774. The van der Waals surface area contributed by atoms with E-state index in [2.05, 4.69) is 5.32 Å². The van der Waals surface area contributed by atoms with Gasteiger partial charge in [0.1, 0.15) is 5.82 Å². The van der Waals surface area contributed by atoms with Gasteiger partial charge >= 0.3 is 6.18 Å². The third-order valence-corrected chi connectivity index (χ3v) is 2.34. The second-order valence-corrected chi connectivity index (χ2v) is 3.68. The van der Waals surface area contributed by atoms with E-state index >= 15 is 0 Å². The Balaban J connectivity index is 2.28. The first-order valence-electron chi connectivity index (χ1n) is 5.15. The first-order chi connectivity index (χ1) is 8.47. The Morgan fingerprint density at radius 3 is 2.28 bits per heavy atom. The first kappa shape index (κ1) is 12.4. The highest BCUT2D eigenvalue weighted by molar-refractivity contribution is 5.60. The van der Waals surface area contributed by atoms with E-state index in [1.165, 1.54) is 30.3 Å². The van der Waals surface area contributed by atoms with Gasteiger partial charge in [0.2, 0.25) is 0 Å². The van der Waals surface area contributed by atoms with Crippen LogP contribution in [0, 0.1) is 5.82 Å². The fourth-order valence-corrected chi connectivity index (χ4v) is 1.49. The monoisotopic (exact) mass is 255 g/mol. The molecule has 0 aliphatic rings. The lowest BCUT2D eigenvalue weighted by Gasteiger charge is -2.11. The Bertz CT molecular complexity index is 549. The number of benzene rings is 2. The summed E-state index contributed by atoms with van der Waals surface area (Å²) in [5, 5.41) is 2.61. The average Bonchev–Trinajstić information content (AvgIpc) is 2.31. The molecule has 18 heavy (non-hydrogen) atoms. The minimum atomic E-state index is -4.41. The highest BCUT2D eigenvalue weighted by Crippen LogP contribution is 2.31. The SMILES string of the molecule is Fc1ccccc1Nc1cccc(C(F)(F)F)c1. The number of alkyl halides is 3. The largest absolute Gasteiger partial charge is 0.416 e. The summed E-state index contributed by atoms with van der Waals surface area (Å²) >= 11 is 0. The van der Waals surface area contributed by atoms with Crippen molar-refractivity contribution in [1.82, 2.24) is 0 Å². The molecule has 1 N–H and O–H groups in total. The molecule has 94 valence electrons. The number of nitrogens with one attached hydrogen (secondary N) is 1. The molecule has 0 unspecified atom stereocenters. The highest BCUT2D eigenvalue weighted by Gasteiger charge is 2.30. The summed E-state index contributed by atoms with van der Waals surface area (Å²) in [5.74, 6) is -0.519. The molecule has 0 radical (unpaired) electrons. The van der Waals surface area contributed by atoms with Gasteiger partial charge in [0.05, 0.1) is 11.3 Å². The third-order valence-electron chi connectivity index (χ3n) is 2.34. The van der Waals surface area contributed by atoms with Gasteiger partial charge < -0.3 is 5.32 Å². The molecule has 0 spiro atoms. The summed E-state index contributed by atoms with van der Waals surface area (Å²) < 4.78 is 50.8. The van der Waals surface area contributed by atoms with Crippen molar-refractivity contribution in [3.8, 4) is 0 Å². The molecule has 5 heteroatoms. The van der Waals surface area contributed by atoms with Crippen molar-refractivity contribution in [2.24, 2.45) is 0 Å². The topological polar surface area (TPSA) is 12.0 Å². The van der Waals surface area contributed by atoms with Crippen LogP contribution in [0.25, 0.3) is 0 Å². The van der Waals surface area contributed by atoms with Crippen LogP contribution in [0.4, 0.5) is 28.9 Å². The molecule has 0 heterocycles.